The van der Waals surface area contributed by atoms with Gasteiger partial charge in [0.05, 0.1) is 17.2 Å². The quantitative estimate of drug-likeness (QED) is 0.441. The van der Waals surface area contributed by atoms with E-state index in [9.17, 15) is 13.2 Å². The van der Waals surface area contributed by atoms with Crippen molar-refractivity contribution < 1.29 is 13.2 Å². The Labute approximate surface area is 101 Å². The number of isocyanates is 1. The second-order valence-electron chi connectivity index (χ2n) is 3.62. The van der Waals surface area contributed by atoms with Gasteiger partial charge >= 0.3 is 0 Å². The molecule has 0 aromatic heterocycles. The lowest BCUT2D eigenvalue weighted by Crippen LogP contribution is -2.03. The Balaban J connectivity index is 2.65. The molecule has 0 heterocycles. The summed E-state index contributed by atoms with van der Waals surface area (Å²) < 4.78 is 23.1. The topological polar surface area (TPSA) is 63.6 Å². The van der Waals surface area contributed by atoms with Crippen LogP contribution in [-0.2, 0) is 21.1 Å². The number of hydrogen-bond donors (Lipinski definition) is 0. The van der Waals surface area contributed by atoms with Gasteiger partial charge < -0.3 is 0 Å². The molecule has 92 valence electrons. The molecule has 0 fully saturated rings. The van der Waals surface area contributed by atoms with E-state index >= 15 is 0 Å². The van der Waals surface area contributed by atoms with Crippen LogP contribution in [0.15, 0.2) is 34.2 Å². The van der Waals surface area contributed by atoms with Crippen LogP contribution < -0.4 is 0 Å². The van der Waals surface area contributed by atoms with E-state index in [2.05, 4.69) is 4.99 Å². The largest absolute Gasteiger partial charge is 0.234 e. The lowest BCUT2D eigenvalue weighted by molar-refractivity contribution is 0.562. The first-order valence-electron chi connectivity index (χ1n) is 5.45. The Morgan fingerprint density at radius 3 is 2.41 bits per heavy atom. The second-order valence-corrected chi connectivity index (χ2v) is 5.90. The predicted octanol–water partition coefficient (Wildman–Crippen LogP) is 1.75. The molecule has 1 aromatic rings. The van der Waals surface area contributed by atoms with E-state index in [-0.39, 0.29) is 5.75 Å². The predicted molar refractivity (Wildman–Crippen MR) is 65.5 cm³/mol. The number of rotatable bonds is 6. The van der Waals surface area contributed by atoms with Gasteiger partial charge in [0.15, 0.2) is 9.84 Å². The first-order chi connectivity index (χ1) is 8.10. The summed E-state index contributed by atoms with van der Waals surface area (Å²) in [5.41, 5.74) is 1.04. The van der Waals surface area contributed by atoms with Crippen molar-refractivity contribution in [2.75, 3.05) is 12.3 Å². The molecule has 5 heteroatoms. The summed E-state index contributed by atoms with van der Waals surface area (Å²) in [4.78, 5) is 13.7. The summed E-state index contributed by atoms with van der Waals surface area (Å²) >= 11 is 0. The van der Waals surface area contributed by atoms with Crippen molar-refractivity contribution in [3.63, 3.8) is 0 Å². The van der Waals surface area contributed by atoms with E-state index in [4.69, 9.17) is 0 Å². The Bertz CT molecular complexity index is 499. The molecule has 0 saturated carbocycles. The van der Waals surface area contributed by atoms with Gasteiger partial charge in [-0.1, -0.05) is 19.1 Å². The number of aliphatic imine (C=N–C) groups is 1. The monoisotopic (exact) mass is 253 g/mol. The maximum atomic E-state index is 11.6. The summed E-state index contributed by atoms with van der Waals surface area (Å²) in [6.45, 7) is 2.08. The molecule has 4 nitrogen and oxygen atoms in total. The Morgan fingerprint density at radius 1 is 1.24 bits per heavy atom. The Morgan fingerprint density at radius 2 is 1.88 bits per heavy atom. The minimum atomic E-state index is -3.11. The van der Waals surface area contributed by atoms with Crippen LogP contribution in [0, 0.1) is 0 Å². The van der Waals surface area contributed by atoms with Gasteiger partial charge in [0.1, 0.15) is 0 Å². The van der Waals surface area contributed by atoms with E-state index in [1.165, 1.54) is 6.08 Å². The lowest BCUT2D eigenvalue weighted by atomic mass is 10.1. The number of aryl methyl sites for hydroxylation is 1. The van der Waals surface area contributed by atoms with Crippen LogP contribution in [-0.4, -0.2) is 26.8 Å². The van der Waals surface area contributed by atoms with Gasteiger partial charge in [0.25, 0.3) is 0 Å². The van der Waals surface area contributed by atoms with E-state index in [0.717, 1.165) is 18.4 Å². The molecule has 0 spiro atoms. The third-order valence-corrected chi connectivity index (χ3v) is 4.21. The van der Waals surface area contributed by atoms with Crippen LogP contribution >= 0.6 is 0 Å². The minimum Gasteiger partial charge on any atom is -0.224 e. The van der Waals surface area contributed by atoms with Gasteiger partial charge in [0, 0.05) is 0 Å². The number of nitrogens with zero attached hydrogens (tertiary/aromatic N) is 1. The first kappa shape index (κ1) is 13.6. The van der Waals surface area contributed by atoms with Crippen LogP contribution in [0.25, 0.3) is 0 Å². The molecular formula is C12H15NO3S. The number of sulfone groups is 1. The fourth-order valence-corrected chi connectivity index (χ4v) is 2.32. The molecule has 0 unspecified atom stereocenters. The molecule has 0 bridgehead atoms. The molecule has 0 amide bonds. The maximum Gasteiger partial charge on any atom is 0.234 e. The van der Waals surface area contributed by atoms with Crippen molar-refractivity contribution in [1.82, 2.24) is 0 Å². The molecule has 1 aromatic carbocycles. The van der Waals surface area contributed by atoms with Gasteiger partial charge in [-0.05, 0) is 30.5 Å². The molecule has 0 radical (unpaired) electrons. The summed E-state index contributed by atoms with van der Waals surface area (Å²) in [5.74, 6) is 0.112. The summed E-state index contributed by atoms with van der Waals surface area (Å²) in [5, 5.41) is 0. The van der Waals surface area contributed by atoms with E-state index in [1.807, 2.05) is 0 Å². The molecule has 0 aliphatic carbocycles. The van der Waals surface area contributed by atoms with Crippen LogP contribution in [0.4, 0.5) is 0 Å². The molecule has 0 aliphatic rings. The zero-order valence-corrected chi connectivity index (χ0v) is 10.5. The fourth-order valence-electron chi connectivity index (χ4n) is 1.44. The minimum absolute atomic E-state index is 0.112. The number of benzene rings is 1. The standard InChI is InChI=1S/C12H15NO3S/c1-2-17(15,16)12-7-5-11(6-8-12)4-3-9-13-10-14/h5-8H,2-4,9H2,1H3. The van der Waals surface area contributed by atoms with Crippen LogP contribution in [0.5, 0.6) is 0 Å². The van der Waals surface area contributed by atoms with Crippen LogP contribution in [0.2, 0.25) is 0 Å². The molecule has 0 aliphatic heterocycles. The highest BCUT2D eigenvalue weighted by Crippen LogP contribution is 2.13. The van der Waals surface area contributed by atoms with Crippen LogP contribution in [0.1, 0.15) is 18.9 Å². The first-order valence-corrected chi connectivity index (χ1v) is 7.10. The van der Waals surface area contributed by atoms with Crippen molar-refractivity contribution in [3.8, 4) is 0 Å². The summed E-state index contributed by atoms with van der Waals surface area (Å²) in [6.07, 6.45) is 3.02. The molecule has 17 heavy (non-hydrogen) atoms. The molecule has 0 N–H and O–H groups in total. The average molecular weight is 253 g/mol. The maximum absolute atomic E-state index is 11.6. The van der Waals surface area contributed by atoms with Crippen LogP contribution in [0.3, 0.4) is 0 Å². The summed E-state index contributed by atoms with van der Waals surface area (Å²) in [6, 6.07) is 6.84. The van der Waals surface area contributed by atoms with Crippen molar-refractivity contribution in [2.45, 2.75) is 24.7 Å². The second kappa shape index (κ2) is 6.33. The zero-order chi connectivity index (χ0) is 12.7. The third kappa shape index (κ3) is 4.13. The van der Waals surface area contributed by atoms with E-state index in [1.54, 1.807) is 31.2 Å². The molecule has 1 rings (SSSR count). The molecular weight excluding hydrogens is 238 g/mol. The normalized spacial score (nSPS) is 10.9. The van der Waals surface area contributed by atoms with Crippen molar-refractivity contribution in [1.29, 1.82) is 0 Å². The Kier molecular flexibility index (Phi) is 5.07. The highest BCUT2D eigenvalue weighted by atomic mass is 32.2. The lowest BCUT2D eigenvalue weighted by Gasteiger charge is -2.03. The van der Waals surface area contributed by atoms with Gasteiger partial charge in [-0.25, -0.2) is 18.2 Å². The third-order valence-electron chi connectivity index (χ3n) is 2.46. The van der Waals surface area contributed by atoms with E-state index in [0.29, 0.717) is 11.4 Å². The highest BCUT2D eigenvalue weighted by molar-refractivity contribution is 7.91. The van der Waals surface area contributed by atoms with Crippen molar-refractivity contribution >= 4 is 15.9 Å². The van der Waals surface area contributed by atoms with Gasteiger partial charge in [-0.2, -0.15) is 0 Å². The SMILES string of the molecule is CCS(=O)(=O)c1ccc(CCCN=C=O)cc1. The van der Waals surface area contributed by atoms with Gasteiger partial charge in [-0.15, -0.1) is 0 Å². The number of hydrogen-bond acceptors (Lipinski definition) is 4. The summed E-state index contributed by atoms with van der Waals surface area (Å²) in [7, 11) is -3.11. The smallest absolute Gasteiger partial charge is 0.224 e. The van der Waals surface area contributed by atoms with Gasteiger partial charge in [-0.3, -0.25) is 0 Å². The van der Waals surface area contributed by atoms with E-state index < -0.39 is 9.84 Å². The average Bonchev–Trinajstić information content (AvgIpc) is 2.35. The Hall–Kier alpha value is -1.45. The van der Waals surface area contributed by atoms with Crippen molar-refractivity contribution in [3.05, 3.63) is 29.8 Å². The van der Waals surface area contributed by atoms with Crippen molar-refractivity contribution in [2.24, 2.45) is 4.99 Å². The zero-order valence-electron chi connectivity index (χ0n) is 9.72. The van der Waals surface area contributed by atoms with Gasteiger partial charge in [0.2, 0.25) is 6.08 Å². The number of carbonyl (C=O) groups excluding carboxylic acids is 1. The fraction of sp³-hybridized carbons (Fsp3) is 0.417. The molecule has 0 saturated heterocycles. The molecule has 0 atom stereocenters. The highest BCUT2D eigenvalue weighted by Gasteiger charge is 2.10.